The molecule has 19 heavy (non-hydrogen) atoms. The summed E-state index contributed by atoms with van der Waals surface area (Å²) in [5, 5.41) is 20.2. The zero-order valence-corrected chi connectivity index (χ0v) is 11.2. The van der Waals surface area contributed by atoms with E-state index in [0.717, 1.165) is 11.8 Å². The van der Waals surface area contributed by atoms with Gasteiger partial charge >= 0.3 is 5.97 Å². The van der Waals surface area contributed by atoms with E-state index in [2.05, 4.69) is 9.97 Å². The Balaban J connectivity index is 2.47. The first-order valence-electron chi connectivity index (χ1n) is 5.01. The molecule has 2 rings (SSSR count). The lowest BCUT2D eigenvalue weighted by Crippen LogP contribution is -2.18. The molecule has 2 heterocycles. The summed E-state index contributed by atoms with van der Waals surface area (Å²) >= 11 is 6.84. The highest BCUT2D eigenvalue weighted by Crippen LogP contribution is 2.37. The first-order chi connectivity index (χ1) is 9.04. The van der Waals surface area contributed by atoms with Crippen LogP contribution in [0.4, 0.5) is 0 Å². The first-order valence-corrected chi connectivity index (χ1v) is 6.27. The van der Waals surface area contributed by atoms with Crippen molar-refractivity contribution in [2.24, 2.45) is 0 Å². The Morgan fingerprint density at radius 3 is 2.89 bits per heavy atom. The molecule has 1 aromatic rings. The van der Waals surface area contributed by atoms with Gasteiger partial charge in [-0.05, 0) is 17.7 Å². The molecule has 6 nitrogen and oxygen atoms in total. The number of likely N-dealkylation sites (N-methyl/N-ethyl adjacent to an activating group) is 1. The van der Waals surface area contributed by atoms with Crippen LogP contribution in [-0.4, -0.2) is 33.0 Å². The maximum absolute atomic E-state index is 11.0. The maximum Gasteiger partial charge on any atom is 0.353 e. The Bertz CT molecular complexity index is 650. The van der Waals surface area contributed by atoms with Crippen LogP contribution in [0.25, 0.3) is 5.57 Å². The normalized spacial score (nSPS) is 16.9. The minimum Gasteiger partial charge on any atom is -0.477 e. The van der Waals surface area contributed by atoms with Crippen molar-refractivity contribution in [3.63, 3.8) is 0 Å². The van der Waals surface area contributed by atoms with Gasteiger partial charge in [0.2, 0.25) is 5.28 Å². The summed E-state index contributed by atoms with van der Waals surface area (Å²) in [6.45, 7) is 0. The van der Waals surface area contributed by atoms with Crippen LogP contribution in [0.3, 0.4) is 0 Å². The molecule has 1 aliphatic heterocycles. The quantitative estimate of drug-likeness (QED) is 0.658. The number of rotatable bonds is 2. The van der Waals surface area contributed by atoms with Crippen molar-refractivity contribution >= 4 is 34.9 Å². The number of thioether (sulfide) groups is 1. The van der Waals surface area contributed by atoms with E-state index in [-0.39, 0.29) is 16.6 Å². The molecule has 0 unspecified atom stereocenters. The van der Waals surface area contributed by atoms with Gasteiger partial charge in [0.05, 0.1) is 10.7 Å². The average molecular weight is 295 g/mol. The van der Waals surface area contributed by atoms with Crippen molar-refractivity contribution in [3.8, 4) is 6.07 Å². The molecule has 8 heteroatoms. The number of hydrogen-bond donors (Lipinski definition) is 1. The minimum absolute atomic E-state index is 0.0305. The molecule has 1 aliphatic rings. The number of hydrogen-bond acceptors (Lipinski definition) is 6. The van der Waals surface area contributed by atoms with E-state index in [4.69, 9.17) is 16.7 Å². The van der Waals surface area contributed by atoms with E-state index in [9.17, 15) is 10.1 Å². The number of nitrogens with zero attached hydrogens (tertiary/aromatic N) is 4. The van der Waals surface area contributed by atoms with Gasteiger partial charge in [0.1, 0.15) is 17.3 Å². The van der Waals surface area contributed by atoms with Gasteiger partial charge in [-0.3, -0.25) is 0 Å². The van der Waals surface area contributed by atoms with E-state index in [1.54, 1.807) is 13.1 Å². The van der Waals surface area contributed by atoms with Gasteiger partial charge < -0.3 is 10.0 Å². The van der Waals surface area contributed by atoms with Gasteiger partial charge in [-0.2, -0.15) is 5.26 Å². The number of carbonyl (C=O) groups is 1. The lowest BCUT2D eigenvalue weighted by molar-refractivity contribution is -0.133. The van der Waals surface area contributed by atoms with Crippen molar-refractivity contribution in [3.05, 3.63) is 39.4 Å². The van der Waals surface area contributed by atoms with Crippen LogP contribution in [0, 0.1) is 11.3 Å². The second-order valence-corrected chi connectivity index (χ2v) is 4.68. The van der Waals surface area contributed by atoms with Crippen molar-refractivity contribution in [2.75, 3.05) is 7.05 Å². The molecule has 96 valence electrons. The lowest BCUT2D eigenvalue weighted by atomic mass is 10.2. The molecule has 1 N–H and O–H groups in total. The Labute approximate surface area is 118 Å². The number of halogens is 1. The second kappa shape index (κ2) is 5.30. The molecule has 0 spiro atoms. The van der Waals surface area contributed by atoms with Crippen molar-refractivity contribution < 1.29 is 9.90 Å². The summed E-state index contributed by atoms with van der Waals surface area (Å²) in [6.07, 6.45) is 1.44. The predicted octanol–water partition coefficient (Wildman–Crippen LogP) is 1.93. The van der Waals surface area contributed by atoms with Gasteiger partial charge in [0.25, 0.3) is 0 Å². The molecule has 0 radical (unpaired) electrons. The summed E-state index contributed by atoms with van der Waals surface area (Å²) in [6, 6.07) is 3.57. The van der Waals surface area contributed by atoms with Gasteiger partial charge in [0, 0.05) is 18.7 Å². The second-order valence-electron chi connectivity index (χ2n) is 3.49. The Morgan fingerprint density at radius 2 is 2.37 bits per heavy atom. The third kappa shape index (κ3) is 2.54. The largest absolute Gasteiger partial charge is 0.477 e. The fourth-order valence-corrected chi connectivity index (χ4v) is 2.64. The zero-order chi connectivity index (χ0) is 14.0. The Morgan fingerprint density at radius 1 is 1.63 bits per heavy atom. The number of carboxylic acids is 1. The molecule has 0 atom stereocenters. The third-order valence-corrected chi connectivity index (χ3v) is 3.60. The molecule has 0 bridgehead atoms. The van der Waals surface area contributed by atoms with Crippen LogP contribution >= 0.6 is 23.4 Å². The fraction of sp³-hybridized carbons (Fsp3) is 0.0909. The van der Waals surface area contributed by atoms with Crippen LogP contribution in [0.15, 0.2) is 28.4 Å². The van der Waals surface area contributed by atoms with Gasteiger partial charge in [-0.25, -0.2) is 14.8 Å². The fourth-order valence-electron chi connectivity index (χ4n) is 1.49. The van der Waals surface area contributed by atoms with Crippen LogP contribution < -0.4 is 0 Å². The number of nitriles is 1. The number of allylic oxidation sites excluding steroid dienone is 1. The number of aliphatic carboxylic acids is 1. The molecule has 0 aliphatic carbocycles. The van der Waals surface area contributed by atoms with Gasteiger partial charge in [0.15, 0.2) is 0 Å². The Kier molecular flexibility index (Phi) is 3.74. The highest BCUT2D eigenvalue weighted by atomic mass is 35.5. The van der Waals surface area contributed by atoms with Crippen molar-refractivity contribution in [1.82, 2.24) is 14.9 Å². The smallest absolute Gasteiger partial charge is 0.353 e. The average Bonchev–Trinajstić information content (AvgIpc) is 2.73. The predicted molar refractivity (Wildman–Crippen MR) is 70.6 cm³/mol. The minimum atomic E-state index is -1.05. The zero-order valence-electron chi connectivity index (χ0n) is 9.66. The first kappa shape index (κ1) is 13.4. The molecule has 0 fully saturated rings. The summed E-state index contributed by atoms with van der Waals surface area (Å²) in [7, 11) is 1.58. The SMILES string of the molecule is CN1C(C(=O)O)=CSC1=C(C#N)c1ccnc(Cl)n1. The lowest BCUT2D eigenvalue weighted by Gasteiger charge is -2.15. The van der Waals surface area contributed by atoms with Crippen LogP contribution in [-0.2, 0) is 4.79 Å². The van der Waals surface area contributed by atoms with Gasteiger partial charge in [-0.1, -0.05) is 11.8 Å². The van der Waals surface area contributed by atoms with E-state index >= 15 is 0 Å². The number of aromatic nitrogens is 2. The maximum atomic E-state index is 11.0. The monoisotopic (exact) mass is 294 g/mol. The number of carboxylic acid groups (broad SMARTS) is 1. The molecular formula is C11H7ClN4O2S. The van der Waals surface area contributed by atoms with Crippen LogP contribution in [0.2, 0.25) is 5.28 Å². The summed E-state index contributed by atoms with van der Waals surface area (Å²) in [5.74, 6) is -1.05. The molecule has 0 aromatic carbocycles. The molecule has 0 saturated heterocycles. The Hall–Kier alpha value is -2.04. The van der Waals surface area contributed by atoms with E-state index in [0.29, 0.717) is 10.7 Å². The molecular weight excluding hydrogens is 288 g/mol. The van der Waals surface area contributed by atoms with Gasteiger partial charge in [-0.15, -0.1) is 0 Å². The van der Waals surface area contributed by atoms with Crippen molar-refractivity contribution in [2.45, 2.75) is 0 Å². The summed E-state index contributed by atoms with van der Waals surface area (Å²) in [5.41, 5.74) is 0.717. The molecule has 0 amide bonds. The van der Waals surface area contributed by atoms with Crippen molar-refractivity contribution in [1.29, 1.82) is 5.26 Å². The summed E-state index contributed by atoms with van der Waals surface area (Å²) < 4.78 is 0. The molecule has 0 saturated carbocycles. The standard InChI is InChI=1S/C11H7ClN4O2S/c1-16-8(10(17)18)5-19-9(16)6(4-13)7-2-3-14-11(12)15-7/h2-3,5H,1H3,(H,17,18). The van der Waals surface area contributed by atoms with E-state index in [1.807, 2.05) is 6.07 Å². The van der Waals surface area contributed by atoms with Crippen LogP contribution in [0.5, 0.6) is 0 Å². The van der Waals surface area contributed by atoms with E-state index < -0.39 is 5.97 Å². The summed E-state index contributed by atoms with van der Waals surface area (Å²) in [4.78, 5) is 20.1. The third-order valence-electron chi connectivity index (χ3n) is 2.38. The highest BCUT2D eigenvalue weighted by molar-refractivity contribution is 8.06. The van der Waals surface area contributed by atoms with E-state index in [1.165, 1.54) is 16.5 Å². The molecule has 1 aromatic heterocycles. The topological polar surface area (TPSA) is 90.1 Å². The highest BCUT2D eigenvalue weighted by Gasteiger charge is 2.26. The van der Waals surface area contributed by atoms with Crippen LogP contribution in [0.1, 0.15) is 5.69 Å².